The van der Waals surface area contributed by atoms with Crippen LogP contribution in [0.3, 0.4) is 0 Å². The van der Waals surface area contributed by atoms with Gasteiger partial charge in [0.2, 0.25) is 0 Å². The Balaban J connectivity index is 2.46. The van der Waals surface area contributed by atoms with E-state index in [0.29, 0.717) is 6.42 Å². The number of benzene rings is 1. The van der Waals surface area contributed by atoms with Gasteiger partial charge in [-0.05, 0) is 12.1 Å². The Hall–Kier alpha value is -2.04. The number of aromatic carboxylic acids is 1. The van der Waals surface area contributed by atoms with Gasteiger partial charge in [-0.3, -0.25) is 4.79 Å². The van der Waals surface area contributed by atoms with Gasteiger partial charge in [0.25, 0.3) is 0 Å². The number of carbonyl (C=O) groups is 2. The van der Waals surface area contributed by atoms with Gasteiger partial charge in [-0.1, -0.05) is 19.1 Å². The number of carboxylic acids is 1. The number of esters is 1. The van der Waals surface area contributed by atoms with Crippen molar-refractivity contribution in [2.75, 3.05) is 13.2 Å². The van der Waals surface area contributed by atoms with E-state index in [0.717, 1.165) is 0 Å². The molecular formula is C12H14O5. The van der Waals surface area contributed by atoms with Crippen LogP contribution in [0.2, 0.25) is 0 Å². The molecule has 0 bridgehead atoms. The monoisotopic (exact) mass is 238 g/mol. The quantitative estimate of drug-likeness (QED) is 0.603. The van der Waals surface area contributed by atoms with E-state index in [9.17, 15) is 9.59 Å². The molecule has 0 fully saturated rings. The molecule has 5 nitrogen and oxygen atoms in total. The maximum Gasteiger partial charge on any atom is 0.339 e. The van der Waals surface area contributed by atoms with Crippen LogP contribution in [0.15, 0.2) is 24.3 Å². The minimum Gasteiger partial charge on any atom is -0.489 e. The summed E-state index contributed by atoms with van der Waals surface area (Å²) in [4.78, 5) is 21.7. The standard InChI is InChI=1S/C12H14O5/c1-2-11(13)17-8-7-16-10-6-4-3-5-9(10)12(14)15/h3-6H,2,7-8H2,1H3,(H,14,15). The number of hydrogen-bond acceptors (Lipinski definition) is 4. The van der Waals surface area contributed by atoms with Crippen LogP contribution in [0.5, 0.6) is 5.75 Å². The molecule has 1 aromatic rings. The topological polar surface area (TPSA) is 72.8 Å². The summed E-state index contributed by atoms with van der Waals surface area (Å²) in [7, 11) is 0. The van der Waals surface area contributed by atoms with E-state index in [1.54, 1.807) is 25.1 Å². The van der Waals surface area contributed by atoms with Crippen LogP contribution < -0.4 is 4.74 Å². The van der Waals surface area contributed by atoms with Crippen molar-refractivity contribution in [2.24, 2.45) is 0 Å². The van der Waals surface area contributed by atoms with Crippen molar-refractivity contribution < 1.29 is 24.2 Å². The lowest BCUT2D eigenvalue weighted by molar-refractivity contribution is -0.143. The Morgan fingerprint density at radius 1 is 1.24 bits per heavy atom. The van der Waals surface area contributed by atoms with Gasteiger partial charge in [0.05, 0.1) is 0 Å². The van der Waals surface area contributed by atoms with Crippen LogP contribution in [0.1, 0.15) is 23.7 Å². The third-order valence-corrected chi connectivity index (χ3v) is 2.01. The minimum atomic E-state index is -1.05. The fraction of sp³-hybridized carbons (Fsp3) is 0.333. The highest BCUT2D eigenvalue weighted by molar-refractivity contribution is 5.90. The fourth-order valence-electron chi connectivity index (χ4n) is 1.18. The molecule has 0 spiro atoms. The van der Waals surface area contributed by atoms with Crippen LogP contribution in [0.25, 0.3) is 0 Å². The smallest absolute Gasteiger partial charge is 0.339 e. The summed E-state index contributed by atoms with van der Waals surface area (Å²) in [5.41, 5.74) is 0.0920. The van der Waals surface area contributed by atoms with E-state index in [2.05, 4.69) is 0 Å². The number of carboxylic acid groups (broad SMARTS) is 1. The summed E-state index contributed by atoms with van der Waals surface area (Å²) in [5.74, 6) is -1.08. The second-order valence-electron chi connectivity index (χ2n) is 3.22. The van der Waals surface area contributed by atoms with Gasteiger partial charge in [-0.15, -0.1) is 0 Å². The molecule has 0 aromatic heterocycles. The molecular weight excluding hydrogens is 224 g/mol. The lowest BCUT2D eigenvalue weighted by atomic mass is 10.2. The molecule has 0 saturated heterocycles. The third kappa shape index (κ3) is 4.14. The van der Waals surface area contributed by atoms with E-state index in [1.165, 1.54) is 6.07 Å². The highest BCUT2D eigenvalue weighted by Gasteiger charge is 2.09. The average molecular weight is 238 g/mol. The number of hydrogen-bond donors (Lipinski definition) is 1. The first-order valence-corrected chi connectivity index (χ1v) is 5.26. The van der Waals surface area contributed by atoms with Crippen molar-refractivity contribution in [3.63, 3.8) is 0 Å². The van der Waals surface area contributed by atoms with Crippen LogP contribution in [0.4, 0.5) is 0 Å². The Kier molecular flexibility index (Phi) is 5.00. The summed E-state index contributed by atoms with van der Waals surface area (Å²) in [5, 5.41) is 8.88. The minimum absolute atomic E-state index is 0.0920. The first-order valence-electron chi connectivity index (χ1n) is 5.26. The molecule has 1 rings (SSSR count). The molecule has 0 aliphatic carbocycles. The van der Waals surface area contributed by atoms with Gasteiger partial charge in [0.15, 0.2) is 0 Å². The Morgan fingerprint density at radius 3 is 2.59 bits per heavy atom. The highest BCUT2D eigenvalue weighted by atomic mass is 16.6. The van der Waals surface area contributed by atoms with E-state index < -0.39 is 5.97 Å². The maximum atomic E-state index is 10.8. The van der Waals surface area contributed by atoms with Crippen molar-refractivity contribution in [3.8, 4) is 5.75 Å². The summed E-state index contributed by atoms with van der Waals surface area (Å²) in [6, 6.07) is 6.31. The molecule has 1 N–H and O–H groups in total. The molecule has 0 heterocycles. The molecule has 17 heavy (non-hydrogen) atoms. The van der Waals surface area contributed by atoms with E-state index >= 15 is 0 Å². The average Bonchev–Trinajstić information content (AvgIpc) is 2.34. The lowest BCUT2D eigenvalue weighted by Gasteiger charge is -2.08. The molecule has 0 amide bonds. The molecule has 0 saturated carbocycles. The van der Waals surface area contributed by atoms with Crippen LogP contribution >= 0.6 is 0 Å². The molecule has 0 atom stereocenters. The zero-order valence-electron chi connectivity index (χ0n) is 9.51. The van der Waals surface area contributed by atoms with Crippen LogP contribution in [-0.4, -0.2) is 30.3 Å². The van der Waals surface area contributed by atoms with Crippen molar-refractivity contribution in [1.29, 1.82) is 0 Å². The third-order valence-electron chi connectivity index (χ3n) is 2.01. The number of ether oxygens (including phenoxy) is 2. The SMILES string of the molecule is CCC(=O)OCCOc1ccccc1C(=O)O. The summed E-state index contributed by atoms with van der Waals surface area (Å²) in [6.45, 7) is 1.94. The zero-order valence-corrected chi connectivity index (χ0v) is 9.51. The molecule has 0 aliphatic rings. The predicted molar refractivity (Wildman–Crippen MR) is 60.1 cm³/mol. The number of carbonyl (C=O) groups excluding carboxylic acids is 1. The highest BCUT2D eigenvalue weighted by Crippen LogP contribution is 2.17. The van der Waals surface area contributed by atoms with Gasteiger partial charge >= 0.3 is 11.9 Å². The molecule has 1 aromatic carbocycles. The van der Waals surface area contributed by atoms with Gasteiger partial charge in [0, 0.05) is 6.42 Å². The molecule has 0 aliphatic heterocycles. The first kappa shape index (κ1) is 13.0. The molecule has 5 heteroatoms. The zero-order chi connectivity index (χ0) is 12.7. The van der Waals surface area contributed by atoms with Gasteiger partial charge in [-0.25, -0.2) is 4.79 Å². The molecule has 0 radical (unpaired) electrons. The second kappa shape index (κ2) is 6.52. The summed E-state index contributed by atoms with van der Waals surface area (Å²) < 4.78 is 10.0. The number of rotatable bonds is 6. The lowest BCUT2D eigenvalue weighted by Crippen LogP contribution is -2.12. The van der Waals surface area contributed by atoms with Crippen LogP contribution in [-0.2, 0) is 9.53 Å². The Bertz CT molecular complexity index is 400. The van der Waals surface area contributed by atoms with Gasteiger partial charge in [-0.2, -0.15) is 0 Å². The van der Waals surface area contributed by atoms with E-state index in [-0.39, 0.29) is 30.5 Å². The van der Waals surface area contributed by atoms with Crippen molar-refractivity contribution in [1.82, 2.24) is 0 Å². The van der Waals surface area contributed by atoms with Crippen molar-refractivity contribution >= 4 is 11.9 Å². The van der Waals surface area contributed by atoms with Crippen molar-refractivity contribution in [2.45, 2.75) is 13.3 Å². The molecule has 0 unspecified atom stereocenters. The first-order chi connectivity index (χ1) is 8.15. The predicted octanol–water partition coefficient (Wildman–Crippen LogP) is 1.72. The van der Waals surface area contributed by atoms with Crippen LogP contribution in [0, 0.1) is 0 Å². The summed E-state index contributed by atoms with van der Waals surface area (Å²) in [6.07, 6.45) is 0.311. The number of para-hydroxylation sites is 1. The maximum absolute atomic E-state index is 10.8. The van der Waals surface area contributed by atoms with E-state index in [4.69, 9.17) is 14.6 Å². The Morgan fingerprint density at radius 2 is 1.94 bits per heavy atom. The largest absolute Gasteiger partial charge is 0.489 e. The normalized spacial score (nSPS) is 9.71. The molecule has 92 valence electrons. The summed E-state index contributed by atoms with van der Waals surface area (Å²) >= 11 is 0. The van der Waals surface area contributed by atoms with Crippen molar-refractivity contribution in [3.05, 3.63) is 29.8 Å². The van der Waals surface area contributed by atoms with Gasteiger partial charge < -0.3 is 14.6 Å². The van der Waals surface area contributed by atoms with E-state index in [1.807, 2.05) is 0 Å². The fourth-order valence-corrected chi connectivity index (χ4v) is 1.18. The van der Waals surface area contributed by atoms with Gasteiger partial charge in [0.1, 0.15) is 24.5 Å². The second-order valence-corrected chi connectivity index (χ2v) is 3.22. The Labute approximate surface area is 99.0 Å².